The molecule has 0 unspecified atom stereocenters. The average Bonchev–Trinajstić information content (AvgIpc) is 2.64. The first-order valence-electron chi connectivity index (χ1n) is 11.7. The van der Waals surface area contributed by atoms with Crippen molar-refractivity contribution in [1.82, 2.24) is 9.62 Å². The summed E-state index contributed by atoms with van der Waals surface area (Å²) in [4.78, 5) is 13.7. The first-order chi connectivity index (χ1) is 13.9. The number of nitrogens with zero attached hydrogens (tertiary/aromatic N) is 1. The predicted octanol–water partition coefficient (Wildman–Crippen LogP) is 5.42. The van der Waals surface area contributed by atoms with E-state index in [1.807, 2.05) is 19.0 Å². The van der Waals surface area contributed by atoms with Crippen LogP contribution in [0.25, 0.3) is 0 Å². The van der Waals surface area contributed by atoms with Gasteiger partial charge in [0.15, 0.2) is 0 Å². The van der Waals surface area contributed by atoms with E-state index in [4.69, 9.17) is 0 Å². The van der Waals surface area contributed by atoms with Crippen molar-refractivity contribution in [3.05, 3.63) is 12.2 Å². The molecule has 0 spiro atoms. The second-order valence-corrected chi connectivity index (χ2v) is 10.2. The number of allylic oxidation sites excluding steroid dienone is 2. The highest BCUT2D eigenvalue weighted by molar-refractivity contribution is 7.90. The first-order valence-corrected chi connectivity index (χ1v) is 13.4. The molecule has 0 heterocycles. The molecule has 5 nitrogen and oxygen atoms in total. The molecule has 0 bridgehead atoms. The summed E-state index contributed by atoms with van der Waals surface area (Å²) in [7, 11) is 0.321. The zero-order valence-electron chi connectivity index (χ0n) is 19.3. The Labute approximate surface area is 180 Å². The van der Waals surface area contributed by atoms with Crippen LogP contribution in [0, 0.1) is 0 Å². The van der Waals surface area contributed by atoms with Crippen LogP contribution in [0.5, 0.6) is 0 Å². The van der Waals surface area contributed by atoms with E-state index in [1.165, 1.54) is 57.8 Å². The van der Waals surface area contributed by atoms with Crippen molar-refractivity contribution >= 4 is 15.9 Å². The van der Waals surface area contributed by atoms with Gasteiger partial charge in [0.1, 0.15) is 0 Å². The summed E-state index contributed by atoms with van der Waals surface area (Å²) in [6, 6.07) is 0. The van der Waals surface area contributed by atoms with E-state index in [0.29, 0.717) is 19.4 Å². The SMILES string of the molecule is CCCCCCCC/C=C\CCCCCCCC(=O)NS(=O)(=O)CCCN(C)C. The quantitative estimate of drug-likeness (QED) is 0.207. The van der Waals surface area contributed by atoms with Gasteiger partial charge >= 0.3 is 0 Å². The Balaban J connectivity index is 3.49. The van der Waals surface area contributed by atoms with E-state index in [9.17, 15) is 13.2 Å². The third kappa shape index (κ3) is 21.6. The summed E-state index contributed by atoms with van der Waals surface area (Å²) < 4.78 is 25.8. The van der Waals surface area contributed by atoms with Crippen molar-refractivity contribution in [1.29, 1.82) is 0 Å². The van der Waals surface area contributed by atoms with Gasteiger partial charge in [0, 0.05) is 6.42 Å². The highest BCUT2D eigenvalue weighted by Gasteiger charge is 2.13. The van der Waals surface area contributed by atoms with E-state index in [0.717, 1.165) is 25.7 Å². The topological polar surface area (TPSA) is 66.5 Å². The largest absolute Gasteiger partial charge is 0.309 e. The van der Waals surface area contributed by atoms with Crippen LogP contribution < -0.4 is 4.72 Å². The minimum absolute atomic E-state index is 0.00327. The smallest absolute Gasteiger partial charge is 0.234 e. The van der Waals surface area contributed by atoms with Crippen LogP contribution in [0.15, 0.2) is 12.2 Å². The second-order valence-electron chi connectivity index (χ2n) is 8.34. The molecular formula is C23H46N2O3S. The van der Waals surface area contributed by atoms with Crippen LogP contribution in [-0.4, -0.2) is 45.6 Å². The molecule has 0 saturated carbocycles. The van der Waals surface area contributed by atoms with Gasteiger partial charge < -0.3 is 4.90 Å². The molecule has 0 radical (unpaired) electrons. The summed E-state index contributed by atoms with van der Waals surface area (Å²) >= 11 is 0. The van der Waals surface area contributed by atoms with Crippen molar-refractivity contribution < 1.29 is 13.2 Å². The molecule has 0 aliphatic carbocycles. The molecule has 0 saturated heterocycles. The molecular weight excluding hydrogens is 384 g/mol. The molecule has 0 aromatic carbocycles. The van der Waals surface area contributed by atoms with Gasteiger partial charge in [0.2, 0.25) is 15.9 Å². The zero-order valence-corrected chi connectivity index (χ0v) is 20.1. The molecule has 0 atom stereocenters. The van der Waals surface area contributed by atoms with Gasteiger partial charge in [-0.2, -0.15) is 0 Å². The zero-order chi connectivity index (χ0) is 21.8. The lowest BCUT2D eigenvalue weighted by atomic mass is 10.1. The maximum absolute atomic E-state index is 11.8. The van der Waals surface area contributed by atoms with Gasteiger partial charge in [-0.15, -0.1) is 0 Å². The van der Waals surface area contributed by atoms with Gasteiger partial charge in [-0.25, -0.2) is 8.42 Å². The molecule has 29 heavy (non-hydrogen) atoms. The minimum atomic E-state index is -3.48. The van der Waals surface area contributed by atoms with Crippen LogP contribution in [0.1, 0.15) is 103 Å². The molecule has 0 aliphatic rings. The minimum Gasteiger partial charge on any atom is -0.309 e. The Hall–Kier alpha value is -0.880. The Bertz CT molecular complexity index is 516. The lowest BCUT2D eigenvalue weighted by Gasteiger charge is -2.10. The number of sulfonamides is 1. The number of hydrogen-bond acceptors (Lipinski definition) is 4. The Morgan fingerprint density at radius 2 is 1.31 bits per heavy atom. The van der Waals surface area contributed by atoms with E-state index in [1.54, 1.807) is 0 Å². The number of nitrogens with one attached hydrogen (secondary N) is 1. The summed E-state index contributed by atoms with van der Waals surface area (Å²) in [6.45, 7) is 2.95. The molecule has 6 heteroatoms. The molecule has 0 aromatic heterocycles. The van der Waals surface area contributed by atoms with Crippen LogP contribution in [-0.2, 0) is 14.8 Å². The number of rotatable bonds is 20. The Morgan fingerprint density at radius 3 is 1.86 bits per heavy atom. The lowest BCUT2D eigenvalue weighted by molar-refractivity contribution is -0.119. The Kier molecular flexibility index (Phi) is 18.5. The van der Waals surface area contributed by atoms with Gasteiger partial charge in [-0.05, 0) is 59.2 Å². The Morgan fingerprint density at radius 1 is 0.793 bits per heavy atom. The highest BCUT2D eigenvalue weighted by Crippen LogP contribution is 2.10. The maximum atomic E-state index is 11.8. The van der Waals surface area contributed by atoms with Crippen LogP contribution in [0.2, 0.25) is 0 Å². The number of unbranched alkanes of at least 4 members (excludes halogenated alkanes) is 11. The number of amides is 1. The second kappa shape index (κ2) is 19.1. The molecule has 1 amide bonds. The van der Waals surface area contributed by atoms with Gasteiger partial charge in [0.05, 0.1) is 5.75 Å². The molecule has 0 aromatic rings. The van der Waals surface area contributed by atoms with Crippen molar-refractivity contribution in [2.75, 3.05) is 26.4 Å². The number of carbonyl (C=O) groups excluding carboxylic acids is 1. The lowest BCUT2D eigenvalue weighted by Crippen LogP contribution is -2.33. The van der Waals surface area contributed by atoms with E-state index >= 15 is 0 Å². The van der Waals surface area contributed by atoms with Crippen molar-refractivity contribution in [3.8, 4) is 0 Å². The molecule has 0 fully saturated rings. The predicted molar refractivity (Wildman–Crippen MR) is 125 cm³/mol. The van der Waals surface area contributed by atoms with Crippen molar-refractivity contribution in [3.63, 3.8) is 0 Å². The first kappa shape index (κ1) is 28.1. The summed E-state index contributed by atoms with van der Waals surface area (Å²) in [5.74, 6) is -0.365. The summed E-state index contributed by atoms with van der Waals surface area (Å²) in [5.41, 5.74) is 0. The number of hydrogen-bond donors (Lipinski definition) is 1. The van der Waals surface area contributed by atoms with Gasteiger partial charge in [-0.3, -0.25) is 9.52 Å². The standard InChI is InChI=1S/C23H46N2O3S/c1-4-5-6-7-8-9-10-11-12-13-14-15-16-17-18-20-23(26)24-29(27,28)22-19-21-25(2)3/h11-12H,4-10,13-22H2,1-3H3,(H,24,26)/b12-11-. The van der Waals surface area contributed by atoms with Gasteiger partial charge in [-0.1, -0.05) is 70.4 Å². The monoisotopic (exact) mass is 430 g/mol. The van der Waals surface area contributed by atoms with Crippen molar-refractivity contribution in [2.24, 2.45) is 0 Å². The number of carbonyl (C=O) groups is 1. The molecule has 1 N–H and O–H groups in total. The fraction of sp³-hybridized carbons (Fsp3) is 0.870. The fourth-order valence-electron chi connectivity index (χ4n) is 3.20. The fourth-order valence-corrected chi connectivity index (χ4v) is 4.26. The highest BCUT2D eigenvalue weighted by atomic mass is 32.2. The molecule has 0 rings (SSSR count). The molecule has 0 aliphatic heterocycles. The van der Waals surface area contributed by atoms with Crippen molar-refractivity contribution in [2.45, 2.75) is 103 Å². The van der Waals surface area contributed by atoms with Gasteiger partial charge in [0.25, 0.3) is 0 Å². The van der Waals surface area contributed by atoms with Crippen LogP contribution in [0.3, 0.4) is 0 Å². The third-order valence-electron chi connectivity index (χ3n) is 4.95. The van der Waals surface area contributed by atoms with E-state index < -0.39 is 10.0 Å². The van der Waals surface area contributed by atoms with Crippen LogP contribution in [0.4, 0.5) is 0 Å². The normalized spacial score (nSPS) is 12.1. The maximum Gasteiger partial charge on any atom is 0.234 e. The summed E-state index contributed by atoms with van der Waals surface area (Å²) in [6.07, 6.45) is 21.1. The average molecular weight is 431 g/mol. The molecule has 172 valence electrons. The van der Waals surface area contributed by atoms with Crippen LogP contribution >= 0.6 is 0 Å². The third-order valence-corrected chi connectivity index (χ3v) is 6.32. The summed E-state index contributed by atoms with van der Waals surface area (Å²) in [5, 5.41) is 0. The van der Waals surface area contributed by atoms with E-state index in [-0.39, 0.29) is 11.7 Å². The van der Waals surface area contributed by atoms with E-state index in [2.05, 4.69) is 23.8 Å².